The lowest BCUT2D eigenvalue weighted by Gasteiger charge is -2.24. The molecule has 18 nitrogen and oxygen atoms in total. The van der Waals surface area contributed by atoms with E-state index in [-0.39, 0.29) is 75.1 Å². The van der Waals surface area contributed by atoms with E-state index in [0.29, 0.717) is 169 Å². The average Bonchev–Trinajstić information content (AvgIpc) is 0.764. The zero-order valence-electron chi connectivity index (χ0n) is 77.7. The van der Waals surface area contributed by atoms with Crippen LogP contribution in [0.15, 0.2) is 72.8 Å². The Morgan fingerprint density at radius 2 is 0.292 bits per heavy atom. The maximum Gasteiger partial charge on any atom is 0.260 e. The van der Waals surface area contributed by atoms with E-state index >= 15 is 0 Å². The van der Waals surface area contributed by atoms with Crippen LogP contribution in [0.4, 0.5) is 0 Å². The van der Waals surface area contributed by atoms with Crippen molar-refractivity contribution in [2.45, 2.75) is 240 Å². The van der Waals surface area contributed by atoms with Crippen LogP contribution in [0.25, 0.3) is 56.4 Å². The number of carbonyl (C=O) groups is 6. The lowest BCUT2D eigenvalue weighted by atomic mass is 9.87. The zero-order valence-corrected chi connectivity index (χ0v) is 82.6. The Morgan fingerprint density at radius 1 is 0.200 bits per heavy atom. The van der Waals surface area contributed by atoms with Gasteiger partial charge in [0.25, 0.3) is 35.4 Å². The minimum absolute atomic E-state index is 0.208. The highest BCUT2D eigenvalue weighted by molar-refractivity contribution is 7.29. The van der Waals surface area contributed by atoms with Crippen molar-refractivity contribution in [2.75, 3.05) is 118 Å². The van der Waals surface area contributed by atoms with Crippen LogP contribution >= 0.6 is 68.0 Å². The van der Waals surface area contributed by atoms with Gasteiger partial charge in [-0.25, -0.2) is 0 Å². The number of hydrogen-bond donors (Lipinski definition) is 0. The molecular weight excluding hydrogens is 1620 g/mol. The summed E-state index contributed by atoms with van der Waals surface area (Å²) in [6, 6.07) is 25.7. The molecule has 0 unspecified atom stereocenters. The largest absolute Gasteiger partial charge is 0.481 e. The molecule has 0 N–H and O–H groups in total. The van der Waals surface area contributed by atoms with Gasteiger partial charge in [-0.1, -0.05) is 125 Å². The van der Waals surface area contributed by atoms with E-state index in [4.69, 9.17) is 28.4 Å². The fraction of sp³-hybridized carbons (Fsp3) is 0.562. The number of carbonyl (C=O) groups excluding carboxylic acids is 6. The monoisotopic (exact) mass is 1760 g/mol. The van der Waals surface area contributed by atoms with Gasteiger partial charge in [0, 0.05) is 78.5 Å². The number of benzene rings is 6. The topological polar surface area (TPSA) is 177 Å². The van der Waals surface area contributed by atoms with E-state index in [0.717, 1.165) is 33.4 Å². The number of likely N-dealkylation sites (N-methyl/N-ethyl adjacent to an activating group) is 6. The highest BCUT2D eigenvalue weighted by Gasteiger charge is 2.29. The zero-order chi connectivity index (χ0) is 89.5. The average molecular weight is 1760 g/mol. The van der Waals surface area contributed by atoms with Crippen LogP contribution < -0.4 is 28.4 Å². The molecule has 1 aromatic heterocycles. The Morgan fingerprint density at radius 3 is 0.367 bits per heavy atom. The van der Waals surface area contributed by atoms with E-state index in [1.165, 1.54) is 68.0 Å². The fourth-order valence-corrected chi connectivity index (χ4v) is 20.5. The number of amides is 6. The van der Waals surface area contributed by atoms with Gasteiger partial charge in [-0.05, 0) is 222 Å². The lowest BCUT2D eigenvalue weighted by molar-refractivity contribution is -0.133. The Kier molecular flexibility index (Phi) is 35.2. The predicted molar refractivity (Wildman–Crippen MR) is 511 cm³/mol. The van der Waals surface area contributed by atoms with Crippen LogP contribution in [-0.2, 0) is 61.3 Å². The Bertz CT molecular complexity index is 4130. The van der Waals surface area contributed by atoms with Crippen LogP contribution in [0.2, 0.25) is 0 Å². The van der Waals surface area contributed by atoms with Crippen LogP contribution in [0.5, 0.6) is 34.5 Å². The molecule has 0 radical (unpaired) electrons. The molecule has 0 saturated heterocycles. The molecular formula is C96H138N6O12S6. The van der Waals surface area contributed by atoms with Crippen LogP contribution in [0, 0.1) is 0 Å². The van der Waals surface area contributed by atoms with Gasteiger partial charge in [-0.2, -0.15) is 0 Å². The van der Waals surface area contributed by atoms with Crippen molar-refractivity contribution in [3.05, 3.63) is 106 Å². The van der Waals surface area contributed by atoms with Gasteiger partial charge in [0.15, 0.2) is 74.1 Å². The highest BCUT2D eigenvalue weighted by Crippen LogP contribution is 2.50. The molecule has 7 rings (SSSR count). The number of rotatable bonds is 30. The first-order valence-corrected chi connectivity index (χ1v) is 47.7. The van der Waals surface area contributed by atoms with Crippen molar-refractivity contribution < 1.29 is 57.2 Å². The van der Waals surface area contributed by atoms with E-state index in [9.17, 15) is 28.8 Å². The molecule has 12 bridgehead atoms. The molecule has 660 valence electrons. The van der Waals surface area contributed by atoms with Gasteiger partial charge in [-0.15, -0.1) is 68.0 Å². The summed E-state index contributed by atoms with van der Waals surface area (Å²) in [5, 5.41) is 0. The van der Waals surface area contributed by atoms with Crippen molar-refractivity contribution in [3.8, 4) is 34.5 Å². The quantitative estimate of drug-likeness (QED) is 0.0417. The maximum atomic E-state index is 14.7. The first-order chi connectivity index (χ1) is 56.2. The summed E-state index contributed by atoms with van der Waals surface area (Å²) in [6.45, 7) is 66.1. The fourth-order valence-electron chi connectivity index (χ4n) is 13.3. The van der Waals surface area contributed by atoms with Crippen molar-refractivity contribution in [2.24, 2.45) is 0 Å². The normalized spacial score (nSPS) is 12.1. The Hall–Kier alpha value is -7.74. The van der Waals surface area contributed by atoms with E-state index < -0.39 is 32.5 Å². The highest BCUT2D eigenvalue weighted by atomic mass is 32.1. The van der Waals surface area contributed by atoms with Gasteiger partial charge >= 0.3 is 0 Å². The summed E-state index contributed by atoms with van der Waals surface area (Å²) in [7, 11) is 0. The molecule has 0 atom stereocenters. The number of fused-ring (bicyclic) bond motifs is 12. The Labute approximate surface area is 740 Å². The summed E-state index contributed by atoms with van der Waals surface area (Å²) in [5.74, 6) is 1.22. The van der Waals surface area contributed by atoms with Crippen molar-refractivity contribution in [1.82, 2.24) is 29.4 Å². The van der Waals surface area contributed by atoms with Gasteiger partial charge < -0.3 is 57.8 Å². The van der Waals surface area contributed by atoms with Gasteiger partial charge in [0.2, 0.25) is 0 Å². The summed E-state index contributed by atoms with van der Waals surface area (Å²) >= 11 is 8.57. The van der Waals surface area contributed by atoms with Crippen LogP contribution in [0.3, 0.4) is 0 Å². The van der Waals surface area contributed by atoms with Crippen molar-refractivity contribution >= 4 is 160 Å². The SMILES string of the molecule is CCN(CC)C(=O)COc1c2cc(C(C)(C)C)cc1sc1cc(C(C)(C)C)cc(sc3cc(C(C)(C)C)cc(sc4cc(C(C)(C)C)cc(sc5cc(C(C)(C)C)cc(sc6cc(C(C)(C)C)cc(s2)c6OCC(=O)N(CC)CC)c5OCC(=O)N(CC)CC)c4OCC(=O)N(CC)CC)c3OCC(=O)N(CC)CC)c1OCC(=O)N(CC)CC. The molecule has 120 heavy (non-hydrogen) atoms. The molecule has 1 heterocycles. The minimum Gasteiger partial charge on any atom is -0.481 e. The molecule has 0 aliphatic rings. The second-order valence-corrected chi connectivity index (χ2v) is 42.6. The third-order valence-electron chi connectivity index (χ3n) is 21.4. The molecule has 6 aromatic carbocycles. The maximum absolute atomic E-state index is 14.7. The third kappa shape index (κ3) is 25.7. The molecule has 0 fully saturated rings. The summed E-state index contributed by atoms with van der Waals surface area (Å²) < 4.78 is 51.3. The predicted octanol–water partition coefficient (Wildman–Crippen LogP) is 23.3. The van der Waals surface area contributed by atoms with E-state index in [1.807, 2.05) is 83.1 Å². The van der Waals surface area contributed by atoms with E-state index in [1.54, 1.807) is 29.4 Å². The number of hydrogen-bond acceptors (Lipinski definition) is 18. The number of ether oxygens (including phenoxy) is 6. The molecule has 0 spiro atoms. The van der Waals surface area contributed by atoms with Crippen molar-refractivity contribution in [1.29, 1.82) is 0 Å². The van der Waals surface area contributed by atoms with Gasteiger partial charge in [0.05, 0.1) is 56.4 Å². The third-order valence-corrected chi connectivity index (χ3v) is 27.7. The Balaban J connectivity index is 2.11. The molecule has 24 heteroatoms. The summed E-state index contributed by atoms with van der Waals surface area (Å²) in [4.78, 5) is 99.0. The van der Waals surface area contributed by atoms with Crippen molar-refractivity contribution in [3.63, 3.8) is 0 Å². The summed E-state index contributed by atoms with van der Waals surface area (Å²) in [5.41, 5.74) is 2.61. The minimum atomic E-state index is -0.506. The second-order valence-electron chi connectivity index (χ2n) is 36.1. The molecule has 0 aliphatic heterocycles. The molecule has 7 aromatic rings. The molecule has 0 aliphatic carbocycles. The van der Waals surface area contributed by atoms with Gasteiger partial charge in [-0.3, -0.25) is 28.8 Å². The first-order valence-electron chi connectivity index (χ1n) is 42.8. The molecule has 0 saturated carbocycles. The smallest absolute Gasteiger partial charge is 0.260 e. The standard InChI is InChI=1S/C96H138N6O12S6/c1-31-97(32-2)79(103)55-109-85-67-43-61(91(13,14)15)44-68(85)116-70-46-63(93(19,20)21)48-72(87(70)111-57-81(105)99(35-5)36-6)118-74-50-65(95(25,26)27)52-76(89(74)113-59-83(107)101(39-9)40-10)120-78-54-66(96(28,29)30)53-77(90(78)114-60-84(108)102(41-11)42-12)119-75-51-64(94(22,23)24)49-73(88(75)112-58-82(106)100(37-7)38-8)117-71-47-62(92(16,17)18)45-69(115-67)86(71)110-56-80(104)98(33-3)34-4/h43-54H,31-42,55-60H2,1-30H3. The lowest BCUT2D eigenvalue weighted by Crippen LogP contribution is -2.34. The van der Waals surface area contributed by atoms with Gasteiger partial charge in [0.1, 0.15) is 0 Å². The second kappa shape index (κ2) is 42.6. The van der Waals surface area contributed by atoms with Crippen LogP contribution in [-0.4, -0.2) is 183 Å². The van der Waals surface area contributed by atoms with Crippen LogP contribution in [0.1, 0.15) is 241 Å². The van der Waals surface area contributed by atoms with E-state index in [2.05, 4.69) is 197 Å². The first kappa shape index (κ1) is 99.4. The molecule has 6 amide bonds. The number of nitrogens with zero attached hydrogens (tertiary/aromatic N) is 6. The summed E-state index contributed by atoms with van der Waals surface area (Å²) in [6.07, 6.45) is 0.